The molecule has 1 heterocycles. The lowest BCUT2D eigenvalue weighted by molar-refractivity contribution is -0.139. The molecule has 0 aliphatic heterocycles. The number of fused-ring (bicyclic) bond motifs is 1. The third kappa shape index (κ3) is 5.18. The van der Waals surface area contributed by atoms with Crippen molar-refractivity contribution in [3.63, 3.8) is 0 Å². The Morgan fingerprint density at radius 3 is 2.26 bits per heavy atom. The van der Waals surface area contributed by atoms with Crippen molar-refractivity contribution < 1.29 is 18.0 Å². The van der Waals surface area contributed by atoms with E-state index in [4.69, 9.17) is 11.6 Å². The van der Waals surface area contributed by atoms with Gasteiger partial charge in [0.2, 0.25) is 0 Å². The Morgan fingerprint density at radius 2 is 1.59 bits per heavy atom. The van der Waals surface area contributed by atoms with Gasteiger partial charge in [-0.1, -0.05) is 72.3 Å². The van der Waals surface area contributed by atoms with E-state index in [0.717, 1.165) is 15.7 Å². The van der Waals surface area contributed by atoms with E-state index in [-0.39, 0.29) is 11.3 Å². The first-order valence-corrected chi connectivity index (χ1v) is 11.3. The van der Waals surface area contributed by atoms with Gasteiger partial charge in [0.25, 0.3) is 0 Å². The number of para-hydroxylation sites is 1. The molecule has 7 heteroatoms. The maximum absolute atomic E-state index is 14.0. The van der Waals surface area contributed by atoms with Crippen molar-refractivity contribution in [2.24, 2.45) is 0 Å². The number of rotatable bonds is 8. The van der Waals surface area contributed by atoms with Gasteiger partial charge in [-0.3, -0.25) is 4.79 Å². The minimum atomic E-state index is -4.40. The van der Waals surface area contributed by atoms with E-state index in [1.807, 2.05) is 54.6 Å². The highest BCUT2D eigenvalue weighted by Gasteiger charge is 2.37. The summed E-state index contributed by atoms with van der Waals surface area (Å²) in [4.78, 5) is 14.0. The first kappa shape index (κ1) is 24.0. The van der Waals surface area contributed by atoms with Crippen LogP contribution >= 0.6 is 11.6 Å². The summed E-state index contributed by atoms with van der Waals surface area (Å²) < 4.78 is 40.7. The lowest BCUT2D eigenvalue weighted by Gasteiger charge is -2.30. The van der Waals surface area contributed by atoms with E-state index in [1.165, 1.54) is 6.20 Å². The summed E-state index contributed by atoms with van der Waals surface area (Å²) in [7, 11) is 0. The maximum Gasteiger partial charge on any atom is 0.406 e. The van der Waals surface area contributed by atoms with Gasteiger partial charge in [0.05, 0.1) is 0 Å². The second-order valence-electron chi connectivity index (χ2n) is 8.43. The zero-order valence-corrected chi connectivity index (χ0v) is 19.3. The maximum atomic E-state index is 14.0. The minimum Gasteiger partial charge on any atom is -0.338 e. The summed E-state index contributed by atoms with van der Waals surface area (Å²) in [6, 6.07) is 23.4. The van der Waals surface area contributed by atoms with Gasteiger partial charge in [0, 0.05) is 34.2 Å². The van der Waals surface area contributed by atoms with Crippen molar-refractivity contribution in [3.8, 4) is 0 Å². The summed E-state index contributed by atoms with van der Waals surface area (Å²) in [6.45, 7) is 1.11. The van der Waals surface area contributed by atoms with Crippen molar-refractivity contribution >= 4 is 28.3 Å². The fourth-order valence-electron chi connectivity index (χ4n) is 4.21. The van der Waals surface area contributed by atoms with Crippen molar-refractivity contribution in [3.05, 3.63) is 107 Å². The van der Waals surface area contributed by atoms with Crippen LogP contribution in [0.4, 0.5) is 13.2 Å². The highest BCUT2D eigenvalue weighted by molar-refractivity contribution is 6.30. The molecule has 0 saturated carbocycles. The van der Waals surface area contributed by atoms with Crippen LogP contribution in [0, 0.1) is 0 Å². The number of ketones is 1. The van der Waals surface area contributed by atoms with Crippen LogP contribution in [-0.2, 0) is 18.5 Å². The third-order valence-electron chi connectivity index (χ3n) is 5.99. The molecule has 4 rings (SSSR count). The van der Waals surface area contributed by atoms with Gasteiger partial charge in [0.1, 0.15) is 12.1 Å². The Hall–Kier alpha value is -3.09. The van der Waals surface area contributed by atoms with Crippen LogP contribution in [0.3, 0.4) is 0 Å². The van der Waals surface area contributed by atoms with Crippen LogP contribution in [0.1, 0.15) is 28.4 Å². The molecule has 34 heavy (non-hydrogen) atoms. The number of halogens is 4. The summed E-state index contributed by atoms with van der Waals surface area (Å²) >= 11 is 5.96. The zero-order valence-electron chi connectivity index (χ0n) is 18.6. The first-order valence-electron chi connectivity index (χ1n) is 10.9. The molecule has 0 saturated heterocycles. The number of carbonyl (C=O) groups excluding carboxylic acids is 1. The normalized spacial score (nSPS) is 13.7. The summed E-state index contributed by atoms with van der Waals surface area (Å²) in [5.74, 6) is -0.285. The summed E-state index contributed by atoms with van der Waals surface area (Å²) in [6.07, 6.45) is -2.42. The molecule has 0 aliphatic carbocycles. The smallest absolute Gasteiger partial charge is 0.338 e. The predicted octanol–water partition coefficient (Wildman–Crippen LogP) is 6.79. The second-order valence-corrected chi connectivity index (χ2v) is 8.86. The standard InChI is InChI=1S/C27H24ClF3N2O/c1-26(20-7-3-2-4-8-20,32-16-15-19-11-13-21(28)14-12-19)25(34)23-17-33(18-27(29,30)31)24-10-6-5-9-22(23)24/h2-14,17,32H,15-16,18H2,1H3/t26-/m0/s1. The Morgan fingerprint density at radius 1 is 0.941 bits per heavy atom. The topological polar surface area (TPSA) is 34.0 Å². The Bertz CT molecular complexity index is 1280. The molecule has 4 aromatic rings. The number of alkyl halides is 3. The van der Waals surface area contributed by atoms with Crippen molar-refractivity contribution in [1.29, 1.82) is 0 Å². The number of aromatic nitrogens is 1. The largest absolute Gasteiger partial charge is 0.406 e. The van der Waals surface area contributed by atoms with Crippen LogP contribution in [0.2, 0.25) is 5.02 Å². The van der Waals surface area contributed by atoms with Gasteiger partial charge in [-0.05, 0) is 42.7 Å². The van der Waals surface area contributed by atoms with E-state index in [9.17, 15) is 18.0 Å². The van der Waals surface area contributed by atoms with Crippen LogP contribution in [0.25, 0.3) is 10.9 Å². The van der Waals surface area contributed by atoms with Gasteiger partial charge >= 0.3 is 6.18 Å². The number of hydrogen-bond acceptors (Lipinski definition) is 2. The Balaban J connectivity index is 1.70. The van der Waals surface area contributed by atoms with Crippen LogP contribution in [0.15, 0.2) is 85.1 Å². The van der Waals surface area contributed by atoms with Gasteiger partial charge in [-0.2, -0.15) is 13.2 Å². The lowest BCUT2D eigenvalue weighted by Crippen LogP contribution is -2.47. The fraction of sp³-hybridized carbons (Fsp3) is 0.222. The molecule has 0 bridgehead atoms. The molecule has 0 unspecified atom stereocenters. The molecule has 0 amide bonds. The Labute approximate surface area is 201 Å². The molecule has 0 radical (unpaired) electrons. The molecule has 3 aromatic carbocycles. The van der Waals surface area contributed by atoms with Gasteiger partial charge in [-0.15, -0.1) is 0 Å². The summed E-state index contributed by atoms with van der Waals surface area (Å²) in [5.41, 5.74) is 1.29. The van der Waals surface area contributed by atoms with Crippen molar-refractivity contribution in [2.75, 3.05) is 6.54 Å². The lowest BCUT2D eigenvalue weighted by atomic mass is 9.84. The van der Waals surface area contributed by atoms with Gasteiger partial charge in [0.15, 0.2) is 5.78 Å². The molecule has 0 spiro atoms. The van der Waals surface area contributed by atoms with E-state index in [2.05, 4.69) is 5.32 Å². The monoisotopic (exact) mass is 484 g/mol. The van der Waals surface area contributed by atoms with E-state index in [0.29, 0.717) is 28.9 Å². The average molecular weight is 485 g/mol. The molecular weight excluding hydrogens is 461 g/mol. The number of nitrogens with one attached hydrogen (secondary N) is 1. The molecule has 3 nitrogen and oxygen atoms in total. The van der Waals surface area contributed by atoms with Crippen LogP contribution in [0.5, 0.6) is 0 Å². The van der Waals surface area contributed by atoms with E-state index < -0.39 is 18.3 Å². The average Bonchev–Trinajstić information content (AvgIpc) is 3.17. The van der Waals surface area contributed by atoms with Crippen LogP contribution < -0.4 is 5.32 Å². The molecule has 1 N–H and O–H groups in total. The quantitative estimate of drug-likeness (QED) is 0.279. The van der Waals surface area contributed by atoms with Gasteiger partial charge < -0.3 is 9.88 Å². The zero-order chi connectivity index (χ0) is 24.3. The minimum absolute atomic E-state index is 0.255. The molecule has 0 fully saturated rings. The highest BCUT2D eigenvalue weighted by atomic mass is 35.5. The first-order chi connectivity index (χ1) is 16.2. The second kappa shape index (κ2) is 9.65. The third-order valence-corrected chi connectivity index (χ3v) is 6.25. The van der Waals surface area contributed by atoms with E-state index in [1.54, 1.807) is 31.2 Å². The number of benzene rings is 3. The van der Waals surface area contributed by atoms with E-state index >= 15 is 0 Å². The fourth-order valence-corrected chi connectivity index (χ4v) is 4.34. The predicted molar refractivity (Wildman–Crippen MR) is 129 cm³/mol. The highest BCUT2D eigenvalue weighted by Crippen LogP contribution is 2.32. The van der Waals surface area contributed by atoms with Crippen molar-refractivity contribution in [1.82, 2.24) is 9.88 Å². The van der Waals surface area contributed by atoms with Crippen molar-refractivity contribution in [2.45, 2.75) is 31.6 Å². The SMILES string of the molecule is C[C@@](NCCc1ccc(Cl)cc1)(C(=O)c1cn(CC(F)(F)F)c2ccccc12)c1ccccc1. The Kier molecular flexibility index (Phi) is 6.82. The molecule has 0 aliphatic rings. The molecular formula is C27H24ClF3N2O. The number of hydrogen-bond donors (Lipinski definition) is 1. The summed E-state index contributed by atoms with van der Waals surface area (Å²) in [5, 5.41) is 4.53. The number of nitrogens with zero attached hydrogens (tertiary/aromatic N) is 1. The van der Waals surface area contributed by atoms with Gasteiger partial charge in [-0.25, -0.2) is 0 Å². The molecule has 176 valence electrons. The van der Waals surface area contributed by atoms with Crippen LogP contribution in [-0.4, -0.2) is 23.1 Å². The molecule has 1 aromatic heterocycles. The molecule has 1 atom stereocenters. The number of Topliss-reactive ketones (excluding diaryl/α,β-unsaturated/α-hetero) is 1. The number of carbonyl (C=O) groups is 1.